The number of amides is 2. The van der Waals surface area contributed by atoms with Crippen LogP contribution in [0.4, 0.5) is 4.39 Å². The molecule has 146 valence electrons. The van der Waals surface area contributed by atoms with E-state index in [1.165, 1.54) is 34.3 Å². The highest BCUT2D eigenvalue weighted by molar-refractivity contribution is 6.53. The van der Waals surface area contributed by atoms with Crippen LogP contribution in [-0.2, 0) is 30.5 Å². The minimum Gasteiger partial charge on any atom is -0.354 e. The van der Waals surface area contributed by atoms with Gasteiger partial charge in [-0.05, 0) is 19.1 Å². The number of carbonyl (C=O) groups excluding carboxylic acids is 4. The number of Topliss-reactive ketones (excluding diaryl/α,β-unsaturated/α-hetero) is 2. The Balaban J connectivity index is 1.55. The summed E-state index contributed by atoms with van der Waals surface area (Å²) in [5, 5.41) is 2.38. The Kier molecular flexibility index (Phi) is 4.42. The van der Waals surface area contributed by atoms with E-state index in [0.717, 1.165) is 0 Å². The normalized spacial score (nSPS) is 26.7. The first-order chi connectivity index (χ1) is 13.4. The third-order valence-electron chi connectivity index (χ3n) is 5.01. The molecule has 9 nitrogen and oxygen atoms in total. The van der Waals surface area contributed by atoms with Crippen LogP contribution in [0.3, 0.4) is 0 Å². The van der Waals surface area contributed by atoms with Gasteiger partial charge in [0.15, 0.2) is 6.04 Å². The lowest BCUT2D eigenvalue weighted by atomic mass is 9.93. The molecule has 3 atom stereocenters. The number of ketones is 2. The second kappa shape index (κ2) is 6.79. The number of halogens is 1. The minimum atomic E-state index is -1.28. The molecule has 0 aromatic carbocycles. The van der Waals surface area contributed by atoms with Gasteiger partial charge >= 0.3 is 0 Å². The van der Waals surface area contributed by atoms with Crippen LogP contribution in [0.2, 0.25) is 0 Å². The molecular weight excluding hydrogens is 371 g/mol. The van der Waals surface area contributed by atoms with Crippen LogP contribution in [0.5, 0.6) is 0 Å². The maximum Gasteiger partial charge on any atom is 0.257 e. The van der Waals surface area contributed by atoms with E-state index in [9.17, 15) is 23.6 Å². The van der Waals surface area contributed by atoms with Gasteiger partial charge in [-0.25, -0.2) is 4.39 Å². The van der Waals surface area contributed by atoms with E-state index in [1.807, 2.05) is 0 Å². The number of nitrogens with one attached hydrogen (secondary N) is 1. The highest BCUT2D eigenvalue weighted by Gasteiger charge is 2.52. The van der Waals surface area contributed by atoms with E-state index < -0.39 is 47.0 Å². The largest absolute Gasteiger partial charge is 0.354 e. The predicted molar refractivity (Wildman–Crippen MR) is 90.7 cm³/mol. The van der Waals surface area contributed by atoms with Crippen LogP contribution in [0.1, 0.15) is 12.6 Å². The first-order valence-corrected chi connectivity index (χ1v) is 8.76. The first kappa shape index (κ1) is 18.2. The molecule has 1 aromatic rings. The molecule has 1 aromatic heterocycles. The molecule has 0 spiro atoms. The average Bonchev–Trinajstić information content (AvgIpc) is 3.04. The zero-order valence-corrected chi connectivity index (χ0v) is 14.9. The van der Waals surface area contributed by atoms with E-state index >= 15 is 0 Å². The number of piperazine rings is 1. The fourth-order valence-corrected chi connectivity index (χ4v) is 3.60. The summed E-state index contributed by atoms with van der Waals surface area (Å²) < 4.78 is 19.2. The molecule has 1 N–H and O–H groups in total. The lowest BCUT2D eigenvalue weighted by molar-refractivity contribution is -0.159. The Morgan fingerprint density at radius 2 is 2.18 bits per heavy atom. The summed E-state index contributed by atoms with van der Waals surface area (Å²) in [6, 6.07) is 1.14. The fraction of sp³-hybridized carbons (Fsp3) is 0.389. The van der Waals surface area contributed by atoms with Crippen molar-refractivity contribution in [3.05, 3.63) is 41.6 Å². The van der Waals surface area contributed by atoms with Crippen molar-refractivity contribution in [3.8, 4) is 0 Å². The van der Waals surface area contributed by atoms with Crippen molar-refractivity contribution in [2.75, 3.05) is 13.2 Å². The molecule has 3 aliphatic rings. The Morgan fingerprint density at radius 3 is 2.93 bits per heavy atom. The van der Waals surface area contributed by atoms with E-state index in [2.05, 4.69) is 10.3 Å². The second-order valence-electron chi connectivity index (χ2n) is 6.83. The standard InChI is InChI=1S/C18H17FN4O5/c1-9-8-28-13-7-22-6-10(15(24)16(25)14(22)18(27)23(9)13)17(26)21-5-12-11(19)3-2-4-20-12/h2-4,6,9,13-14H,5,7-8H2,1H3,(H,21,26)/t9-,13+,14?/m0/s1. The third kappa shape index (κ3) is 2.85. The number of ether oxygens (including phenoxy) is 1. The number of hydrogen-bond acceptors (Lipinski definition) is 7. The quantitative estimate of drug-likeness (QED) is 0.407. The Morgan fingerprint density at radius 1 is 1.39 bits per heavy atom. The van der Waals surface area contributed by atoms with Gasteiger partial charge < -0.3 is 19.9 Å². The number of pyridine rings is 1. The van der Waals surface area contributed by atoms with Crippen LogP contribution in [0.25, 0.3) is 0 Å². The molecule has 4 rings (SSSR count). The first-order valence-electron chi connectivity index (χ1n) is 8.76. The Labute approximate surface area is 159 Å². The van der Waals surface area contributed by atoms with Crippen LogP contribution < -0.4 is 5.32 Å². The lowest BCUT2D eigenvalue weighted by Gasteiger charge is -2.43. The molecule has 0 saturated carbocycles. The third-order valence-corrected chi connectivity index (χ3v) is 5.01. The highest BCUT2D eigenvalue weighted by Crippen LogP contribution is 2.29. The van der Waals surface area contributed by atoms with Gasteiger partial charge in [0, 0.05) is 12.4 Å². The molecule has 28 heavy (non-hydrogen) atoms. The van der Waals surface area contributed by atoms with Gasteiger partial charge in [0.1, 0.15) is 17.6 Å². The summed E-state index contributed by atoms with van der Waals surface area (Å²) in [7, 11) is 0. The van der Waals surface area contributed by atoms with Crippen molar-refractivity contribution < 1.29 is 28.3 Å². The summed E-state index contributed by atoms with van der Waals surface area (Å²) in [6.45, 7) is 2.06. The van der Waals surface area contributed by atoms with Crippen molar-refractivity contribution >= 4 is 23.4 Å². The number of aromatic nitrogens is 1. The zero-order valence-electron chi connectivity index (χ0n) is 14.9. The van der Waals surface area contributed by atoms with Gasteiger partial charge in [-0.2, -0.15) is 0 Å². The smallest absolute Gasteiger partial charge is 0.257 e. The molecule has 2 fully saturated rings. The topological polar surface area (TPSA) is 109 Å². The molecule has 3 aliphatic heterocycles. The SMILES string of the molecule is C[C@H]1CO[C@@H]2CN3C=C(C(=O)NCc4ncccc4F)C(=O)C(=O)C3C(=O)N12. The number of nitrogens with zero attached hydrogens (tertiary/aromatic N) is 3. The number of rotatable bonds is 3. The van der Waals surface area contributed by atoms with Crippen LogP contribution in [-0.4, -0.2) is 69.6 Å². The van der Waals surface area contributed by atoms with Crippen LogP contribution >= 0.6 is 0 Å². The molecular formula is C18H17FN4O5. The van der Waals surface area contributed by atoms with Gasteiger partial charge in [-0.1, -0.05) is 0 Å². The molecule has 2 saturated heterocycles. The summed E-state index contributed by atoms with van der Waals surface area (Å²) in [5.74, 6) is -3.94. The van der Waals surface area contributed by atoms with Crippen LogP contribution in [0, 0.1) is 5.82 Å². The highest BCUT2D eigenvalue weighted by atomic mass is 19.1. The number of fused-ring (bicyclic) bond motifs is 2. The van der Waals surface area contributed by atoms with E-state index in [0.29, 0.717) is 6.61 Å². The predicted octanol–water partition coefficient (Wildman–Crippen LogP) is -0.870. The molecule has 10 heteroatoms. The average molecular weight is 388 g/mol. The monoisotopic (exact) mass is 388 g/mol. The molecule has 1 unspecified atom stereocenters. The summed E-state index contributed by atoms with van der Waals surface area (Å²) >= 11 is 0. The molecule has 0 aliphatic carbocycles. The van der Waals surface area contributed by atoms with Crippen molar-refractivity contribution in [2.45, 2.75) is 31.8 Å². The maximum atomic E-state index is 13.6. The molecule has 0 radical (unpaired) electrons. The summed E-state index contributed by atoms with van der Waals surface area (Å²) in [6.07, 6.45) is 2.04. The van der Waals surface area contributed by atoms with Gasteiger partial charge in [0.2, 0.25) is 11.6 Å². The number of carbonyl (C=O) groups is 4. The fourth-order valence-electron chi connectivity index (χ4n) is 3.60. The van der Waals surface area contributed by atoms with Crippen molar-refractivity contribution in [2.24, 2.45) is 0 Å². The lowest BCUT2D eigenvalue weighted by Crippen LogP contribution is -2.65. The minimum absolute atomic E-state index is 0.000969. The molecule has 4 heterocycles. The van der Waals surface area contributed by atoms with Crippen molar-refractivity contribution in [1.29, 1.82) is 0 Å². The maximum absolute atomic E-state index is 13.6. The van der Waals surface area contributed by atoms with Crippen molar-refractivity contribution in [3.63, 3.8) is 0 Å². The number of hydrogen-bond donors (Lipinski definition) is 1. The van der Waals surface area contributed by atoms with Gasteiger partial charge in [-0.3, -0.25) is 24.2 Å². The van der Waals surface area contributed by atoms with Gasteiger partial charge in [0.25, 0.3) is 11.8 Å². The van der Waals surface area contributed by atoms with E-state index in [1.54, 1.807) is 6.92 Å². The van der Waals surface area contributed by atoms with Gasteiger partial charge in [0.05, 0.1) is 31.4 Å². The molecule has 2 amide bonds. The summed E-state index contributed by atoms with van der Waals surface area (Å²) in [5.41, 5.74) is -0.397. The van der Waals surface area contributed by atoms with Gasteiger partial charge in [-0.15, -0.1) is 0 Å². The van der Waals surface area contributed by atoms with E-state index in [-0.39, 0.29) is 24.8 Å². The Hall–Kier alpha value is -3.14. The second-order valence-corrected chi connectivity index (χ2v) is 6.83. The van der Waals surface area contributed by atoms with E-state index in [4.69, 9.17) is 4.74 Å². The zero-order chi connectivity index (χ0) is 20.0. The van der Waals surface area contributed by atoms with Crippen molar-refractivity contribution in [1.82, 2.24) is 20.1 Å². The summed E-state index contributed by atoms with van der Waals surface area (Å²) in [4.78, 5) is 56.7. The Bertz CT molecular complexity index is 917. The molecule has 0 bridgehead atoms. The van der Waals surface area contributed by atoms with Crippen LogP contribution in [0.15, 0.2) is 30.1 Å².